The molecule has 0 aliphatic carbocycles. The molecule has 1 nitrogen and oxygen atoms in total. The fraction of sp³-hybridized carbons (Fsp3) is 0.0588. The van der Waals surface area contributed by atoms with E-state index in [0.29, 0.717) is 5.02 Å². The maximum Gasteiger partial charge on any atom is 0.123 e. The van der Waals surface area contributed by atoms with E-state index in [1.54, 1.807) is 12.1 Å². The van der Waals surface area contributed by atoms with Crippen molar-refractivity contribution in [2.75, 3.05) is 0 Å². The van der Waals surface area contributed by atoms with Gasteiger partial charge in [0.15, 0.2) is 0 Å². The van der Waals surface area contributed by atoms with Gasteiger partial charge in [-0.25, -0.2) is 4.39 Å². The third-order valence-electron chi connectivity index (χ3n) is 3.31. The third kappa shape index (κ3) is 2.23. The second-order valence-electron chi connectivity index (χ2n) is 4.65. The van der Waals surface area contributed by atoms with E-state index in [1.807, 2.05) is 43.3 Å². The highest BCUT2D eigenvalue weighted by Crippen LogP contribution is 2.31. The minimum atomic E-state index is -0.238. The molecule has 0 fully saturated rings. The summed E-state index contributed by atoms with van der Waals surface area (Å²) in [5, 5.41) is 0.703. The Morgan fingerprint density at radius 3 is 2.30 bits per heavy atom. The minimum absolute atomic E-state index is 0.238. The summed E-state index contributed by atoms with van der Waals surface area (Å²) in [6.45, 7) is 2.02. The normalized spacial score (nSPS) is 10.8. The molecule has 0 radical (unpaired) electrons. The maximum absolute atomic E-state index is 13.1. The summed E-state index contributed by atoms with van der Waals surface area (Å²) in [7, 11) is 0. The number of aryl methyl sites for hydroxylation is 1. The van der Waals surface area contributed by atoms with Gasteiger partial charge in [0.05, 0.1) is 5.69 Å². The van der Waals surface area contributed by atoms with Crippen LogP contribution in [0.3, 0.4) is 0 Å². The SMILES string of the molecule is Cc1ccc(-c2ccccc2Cl)n1-c1ccc(F)cc1. The highest BCUT2D eigenvalue weighted by Gasteiger charge is 2.11. The van der Waals surface area contributed by atoms with Crippen LogP contribution in [0.2, 0.25) is 5.02 Å². The number of hydrogen-bond donors (Lipinski definition) is 0. The first kappa shape index (κ1) is 12.9. The predicted octanol–water partition coefficient (Wildman–Crippen LogP) is 5.25. The fourth-order valence-electron chi connectivity index (χ4n) is 2.35. The van der Waals surface area contributed by atoms with Crippen molar-refractivity contribution in [2.24, 2.45) is 0 Å². The van der Waals surface area contributed by atoms with Crippen LogP contribution in [0.1, 0.15) is 5.69 Å². The number of benzene rings is 2. The van der Waals surface area contributed by atoms with Gasteiger partial charge in [-0.3, -0.25) is 0 Å². The molecular weight excluding hydrogens is 273 g/mol. The van der Waals surface area contributed by atoms with Crippen LogP contribution >= 0.6 is 11.6 Å². The van der Waals surface area contributed by atoms with Crippen molar-refractivity contribution in [2.45, 2.75) is 6.92 Å². The van der Waals surface area contributed by atoms with Crippen molar-refractivity contribution in [1.29, 1.82) is 0 Å². The molecule has 3 aromatic rings. The lowest BCUT2D eigenvalue weighted by molar-refractivity contribution is 0.627. The predicted molar refractivity (Wildman–Crippen MR) is 80.9 cm³/mol. The zero-order chi connectivity index (χ0) is 14.1. The molecule has 0 atom stereocenters. The molecule has 1 aromatic heterocycles. The molecule has 100 valence electrons. The minimum Gasteiger partial charge on any atom is -0.314 e. The van der Waals surface area contributed by atoms with Crippen LogP contribution in [0.25, 0.3) is 16.9 Å². The van der Waals surface area contributed by atoms with E-state index in [4.69, 9.17) is 11.6 Å². The molecule has 2 aromatic carbocycles. The Bertz CT molecular complexity index is 744. The summed E-state index contributed by atoms with van der Waals surface area (Å²) in [5.74, 6) is -0.238. The molecule has 3 heteroatoms. The Hall–Kier alpha value is -2.06. The zero-order valence-corrected chi connectivity index (χ0v) is 11.7. The van der Waals surface area contributed by atoms with E-state index < -0.39 is 0 Å². The Kier molecular flexibility index (Phi) is 3.33. The second kappa shape index (κ2) is 5.14. The van der Waals surface area contributed by atoms with Gasteiger partial charge < -0.3 is 4.57 Å². The number of nitrogens with zero attached hydrogens (tertiary/aromatic N) is 1. The molecule has 3 rings (SSSR count). The first-order valence-electron chi connectivity index (χ1n) is 6.36. The molecule has 0 bridgehead atoms. The van der Waals surface area contributed by atoms with Crippen LogP contribution in [-0.2, 0) is 0 Å². The Morgan fingerprint density at radius 1 is 0.900 bits per heavy atom. The van der Waals surface area contributed by atoms with Gasteiger partial charge in [-0.1, -0.05) is 29.8 Å². The molecule has 0 N–H and O–H groups in total. The van der Waals surface area contributed by atoms with Gasteiger partial charge >= 0.3 is 0 Å². The van der Waals surface area contributed by atoms with Crippen LogP contribution in [0.4, 0.5) is 4.39 Å². The largest absolute Gasteiger partial charge is 0.314 e. The molecule has 0 aliphatic heterocycles. The molecule has 0 spiro atoms. The smallest absolute Gasteiger partial charge is 0.123 e. The van der Waals surface area contributed by atoms with E-state index >= 15 is 0 Å². The van der Waals surface area contributed by atoms with Gasteiger partial charge in [0.1, 0.15) is 5.82 Å². The van der Waals surface area contributed by atoms with E-state index in [1.165, 1.54) is 12.1 Å². The van der Waals surface area contributed by atoms with Crippen LogP contribution < -0.4 is 0 Å². The molecule has 0 aliphatic rings. The topological polar surface area (TPSA) is 4.93 Å². The molecule has 0 saturated carbocycles. The van der Waals surface area contributed by atoms with Crippen molar-refractivity contribution in [1.82, 2.24) is 4.57 Å². The lowest BCUT2D eigenvalue weighted by atomic mass is 10.1. The summed E-state index contributed by atoms with van der Waals surface area (Å²) in [6, 6.07) is 18.2. The van der Waals surface area contributed by atoms with E-state index in [2.05, 4.69) is 4.57 Å². The van der Waals surface area contributed by atoms with E-state index in [-0.39, 0.29) is 5.82 Å². The first-order valence-corrected chi connectivity index (χ1v) is 6.74. The summed E-state index contributed by atoms with van der Waals surface area (Å²) < 4.78 is 15.2. The van der Waals surface area contributed by atoms with Crippen LogP contribution in [0.5, 0.6) is 0 Å². The highest BCUT2D eigenvalue weighted by molar-refractivity contribution is 6.33. The van der Waals surface area contributed by atoms with Gasteiger partial charge in [-0.15, -0.1) is 0 Å². The standard InChI is InChI=1S/C17H13ClFN/c1-12-6-11-17(15-4-2-3-5-16(15)18)20(12)14-9-7-13(19)8-10-14/h2-11H,1H3. The molecule has 1 heterocycles. The van der Waals surface area contributed by atoms with Gasteiger partial charge in [0.25, 0.3) is 0 Å². The van der Waals surface area contributed by atoms with Gasteiger partial charge in [-0.2, -0.15) is 0 Å². The lowest BCUT2D eigenvalue weighted by Crippen LogP contribution is -1.99. The average molecular weight is 286 g/mol. The van der Waals surface area contributed by atoms with E-state index in [0.717, 1.165) is 22.6 Å². The Balaban J connectivity index is 2.20. The third-order valence-corrected chi connectivity index (χ3v) is 3.64. The van der Waals surface area contributed by atoms with Crippen molar-refractivity contribution in [3.8, 4) is 16.9 Å². The lowest BCUT2D eigenvalue weighted by Gasteiger charge is -2.13. The van der Waals surface area contributed by atoms with Gasteiger partial charge in [-0.05, 0) is 49.4 Å². The van der Waals surface area contributed by atoms with Gasteiger partial charge in [0.2, 0.25) is 0 Å². The number of halogens is 2. The number of aromatic nitrogens is 1. The van der Waals surface area contributed by atoms with Crippen molar-refractivity contribution in [3.05, 3.63) is 77.2 Å². The van der Waals surface area contributed by atoms with Crippen LogP contribution in [0, 0.1) is 12.7 Å². The first-order chi connectivity index (χ1) is 9.66. The molecule has 20 heavy (non-hydrogen) atoms. The Morgan fingerprint density at radius 2 is 1.60 bits per heavy atom. The molecule has 0 saturated heterocycles. The quantitative estimate of drug-likeness (QED) is 0.606. The number of hydrogen-bond acceptors (Lipinski definition) is 0. The highest BCUT2D eigenvalue weighted by atomic mass is 35.5. The van der Waals surface area contributed by atoms with Crippen LogP contribution in [-0.4, -0.2) is 4.57 Å². The average Bonchev–Trinajstić information content (AvgIpc) is 2.82. The zero-order valence-electron chi connectivity index (χ0n) is 11.0. The summed E-state index contributed by atoms with van der Waals surface area (Å²) >= 11 is 6.28. The monoisotopic (exact) mass is 285 g/mol. The van der Waals surface area contributed by atoms with Crippen molar-refractivity contribution < 1.29 is 4.39 Å². The fourth-order valence-corrected chi connectivity index (χ4v) is 2.58. The number of rotatable bonds is 2. The second-order valence-corrected chi connectivity index (χ2v) is 5.06. The van der Waals surface area contributed by atoms with Gasteiger partial charge in [0, 0.05) is 22.0 Å². The summed E-state index contributed by atoms with van der Waals surface area (Å²) in [4.78, 5) is 0. The maximum atomic E-state index is 13.1. The summed E-state index contributed by atoms with van der Waals surface area (Å²) in [6.07, 6.45) is 0. The van der Waals surface area contributed by atoms with Crippen molar-refractivity contribution in [3.63, 3.8) is 0 Å². The Labute approximate surface area is 122 Å². The van der Waals surface area contributed by atoms with Crippen molar-refractivity contribution >= 4 is 11.6 Å². The van der Waals surface area contributed by atoms with Crippen LogP contribution in [0.15, 0.2) is 60.7 Å². The molecule has 0 amide bonds. The van der Waals surface area contributed by atoms with E-state index in [9.17, 15) is 4.39 Å². The summed E-state index contributed by atoms with van der Waals surface area (Å²) in [5.41, 5.74) is 3.96. The molecular formula is C17H13ClFN. The molecule has 0 unspecified atom stereocenters.